The van der Waals surface area contributed by atoms with E-state index in [-0.39, 0.29) is 12.3 Å². The standard InChI is InChI=1S/C46H32F4O2P2/c47-35-13-21-39(22-14-35)53(51,40-23-15-36(48)16-24-40)29-33-11-9-31-5-1-3-7-43(31)45(33)46-34(12-10-32-6-2-4-8-44(32)46)30-54(52,41-25-17-37(49)18-26-41)42-27-19-38(50)20-28-42/h1-28H,29-30H2. The fourth-order valence-electron chi connectivity index (χ4n) is 7.36. The first-order valence-corrected chi connectivity index (χ1v) is 21.2. The van der Waals surface area contributed by atoms with E-state index in [1.807, 2.05) is 72.8 Å². The Balaban J connectivity index is 1.41. The topological polar surface area (TPSA) is 34.1 Å². The third kappa shape index (κ3) is 6.62. The lowest BCUT2D eigenvalue weighted by molar-refractivity contribution is 0.585. The Kier molecular flexibility index (Phi) is 9.44. The summed E-state index contributed by atoms with van der Waals surface area (Å²) in [6, 6.07) is 45.9. The Hall–Kier alpha value is -5.54. The number of hydrogen-bond acceptors (Lipinski definition) is 2. The Morgan fingerprint density at radius 2 is 0.611 bits per heavy atom. The van der Waals surface area contributed by atoms with E-state index >= 15 is 9.13 Å². The maximum Gasteiger partial charge on any atom is 0.147 e. The van der Waals surface area contributed by atoms with Crippen molar-refractivity contribution in [2.24, 2.45) is 0 Å². The minimum atomic E-state index is -3.59. The summed E-state index contributed by atoms with van der Waals surface area (Å²) in [5.74, 6) is -1.88. The molecule has 0 saturated carbocycles. The minimum Gasteiger partial charge on any atom is -0.313 e. The van der Waals surface area contributed by atoms with Gasteiger partial charge in [-0.1, -0.05) is 72.8 Å². The van der Waals surface area contributed by atoms with Crippen LogP contribution in [0.15, 0.2) is 170 Å². The zero-order chi connectivity index (χ0) is 37.5. The van der Waals surface area contributed by atoms with Gasteiger partial charge < -0.3 is 9.13 Å². The predicted molar refractivity (Wildman–Crippen MR) is 214 cm³/mol. The smallest absolute Gasteiger partial charge is 0.147 e. The molecule has 0 bridgehead atoms. The van der Waals surface area contributed by atoms with Gasteiger partial charge in [0.15, 0.2) is 0 Å². The van der Waals surface area contributed by atoms with Gasteiger partial charge in [-0.15, -0.1) is 0 Å². The molecule has 0 heterocycles. The molecule has 0 amide bonds. The summed E-state index contributed by atoms with van der Waals surface area (Å²) in [5, 5.41) is 5.28. The first-order valence-electron chi connectivity index (χ1n) is 17.4. The number of fused-ring (bicyclic) bond motifs is 2. The number of hydrogen-bond donors (Lipinski definition) is 0. The second-order valence-electron chi connectivity index (χ2n) is 13.3. The van der Waals surface area contributed by atoms with Gasteiger partial charge in [-0.3, -0.25) is 0 Å². The van der Waals surface area contributed by atoms with Crippen LogP contribution in [0.1, 0.15) is 11.1 Å². The van der Waals surface area contributed by atoms with Crippen molar-refractivity contribution < 1.29 is 26.7 Å². The lowest BCUT2D eigenvalue weighted by atomic mass is 9.88. The Labute approximate surface area is 310 Å². The maximum atomic E-state index is 15.6. The molecule has 0 saturated heterocycles. The van der Waals surface area contributed by atoms with E-state index in [2.05, 4.69) is 0 Å². The summed E-state index contributed by atoms with van der Waals surface area (Å²) < 4.78 is 88.1. The van der Waals surface area contributed by atoms with E-state index in [9.17, 15) is 17.6 Å². The highest BCUT2D eigenvalue weighted by molar-refractivity contribution is 7.78. The molecule has 8 heteroatoms. The molecular formula is C46H32F4O2P2. The molecule has 2 nitrogen and oxygen atoms in total. The van der Waals surface area contributed by atoms with E-state index in [4.69, 9.17) is 0 Å². The molecule has 0 atom stereocenters. The zero-order valence-corrected chi connectivity index (χ0v) is 30.6. The van der Waals surface area contributed by atoms with E-state index < -0.39 is 37.6 Å². The molecule has 54 heavy (non-hydrogen) atoms. The zero-order valence-electron chi connectivity index (χ0n) is 28.8. The van der Waals surface area contributed by atoms with Crippen molar-refractivity contribution in [3.63, 3.8) is 0 Å². The van der Waals surface area contributed by atoms with Gasteiger partial charge in [0.1, 0.15) is 37.6 Å². The normalized spacial score (nSPS) is 12.0. The van der Waals surface area contributed by atoms with Crippen LogP contribution in [0.3, 0.4) is 0 Å². The SMILES string of the molecule is O=P(Cc1ccc2ccccc2c1-c1c(CP(=O)(c2ccc(F)cc2)c2ccc(F)cc2)ccc2ccccc12)(c1ccc(F)cc1)c1ccc(F)cc1. The van der Waals surface area contributed by atoms with E-state index in [0.717, 1.165) is 43.8 Å². The van der Waals surface area contributed by atoms with Crippen LogP contribution in [0.2, 0.25) is 0 Å². The van der Waals surface area contributed by atoms with Crippen LogP contribution in [0.5, 0.6) is 0 Å². The molecule has 8 aromatic carbocycles. The van der Waals surface area contributed by atoms with Gasteiger partial charge >= 0.3 is 0 Å². The third-order valence-electron chi connectivity index (χ3n) is 10.0. The van der Waals surface area contributed by atoms with Crippen molar-refractivity contribution in [2.45, 2.75) is 12.3 Å². The van der Waals surface area contributed by atoms with Crippen LogP contribution in [-0.2, 0) is 21.5 Å². The Morgan fingerprint density at radius 3 is 0.907 bits per heavy atom. The molecule has 8 aromatic rings. The van der Waals surface area contributed by atoms with Crippen molar-refractivity contribution >= 4 is 57.0 Å². The maximum absolute atomic E-state index is 15.6. The molecule has 0 aliphatic heterocycles. The molecule has 0 unspecified atom stereocenters. The summed E-state index contributed by atoms with van der Waals surface area (Å²) in [6.45, 7) is 0. The minimum absolute atomic E-state index is 0.0146. The van der Waals surface area contributed by atoms with Gasteiger partial charge in [0.2, 0.25) is 0 Å². The monoisotopic (exact) mass is 754 g/mol. The molecule has 0 aliphatic rings. The second kappa shape index (κ2) is 14.4. The van der Waals surface area contributed by atoms with Crippen molar-refractivity contribution in [2.75, 3.05) is 0 Å². The highest BCUT2D eigenvalue weighted by atomic mass is 31.2. The number of halogens is 4. The number of rotatable bonds is 9. The van der Waals surface area contributed by atoms with Gasteiger partial charge in [-0.05, 0) is 141 Å². The first kappa shape index (κ1) is 35.5. The van der Waals surface area contributed by atoms with Gasteiger partial charge in [-0.2, -0.15) is 0 Å². The van der Waals surface area contributed by atoms with Crippen LogP contribution >= 0.6 is 14.3 Å². The van der Waals surface area contributed by atoms with Crippen LogP contribution in [-0.4, -0.2) is 0 Å². The van der Waals surface area contributed by atoms with Crippen molar-refractivity contribution in [1.29, 1.82) is 0 Å². The lowest BCUT2D eigenvalue weighted by Crippen LogP contribution is -2.19. The van der Waals surface area contributed by atoms with Crippen LogP contribution < -0.4 is 21.2 Å². The van der Waals surface area contributed by atoms with E-state index in [1.165, 1.54) is 97.1 Å². The van der Waals surface area contributed by atoms with Crippen LogP contribution in [0.4, 0.5) is 17.6 Å². The third-order valence-corrected chi connectivity index (χ3v) is 16.1. The summed E-state index contributed by atoms with van der Waals surface area (Å²) >= 11 is 0. The fourth-order valence-corrected chi connectivity index (χ4v) is 12.7. The van der Waals surface area contributed by atoms with Gasteiger partial charge in [-0.25, -0.2) is 17.6 Å². The quantitative estimate of drug-likeness (QED) is 0.109. The molecule has 266 valence electrons. The first-order chi connectivity index (χ1) is 26.1. The fraction of sp³-hybridized carbons (Fsp3) is 0.0435. The highest BCUT2D eigenvalue weighted by Crippen LogP contribution is 2.53. The predicted octanol–water partition coefficient (Wildman–Crippen LogP) is 11.2. The van der Waals surface area contributed by atoms with E-state index in [0.29, 0.717) is 21.2 Å². The van der Waals surface area contributed by atoms with Crippen molar-refractivity contribution in [1.82, 2.24) is 0 Å². The summed E-state index contributed by atoms with van der Waals surface area (Å²) in [7, 11) is -7.18. The van der Waals surface area contributed by atoms with Gasteiger partial charge in [0.05, 0.1) is 0 Å². The largest absolute Gasteiger partial charge is 0.313 e. The average Bonchev–Trinajstić information content (AvgIpc) is 3.19. The van der Waals surface area contributed by atoms with Crippen molar-refractivity contribution in [3.05, 3.63) is 204 Å². The van der Waals surface area contributed by atoms with Crippen molar-refractivity contribution in [3.8, 4) is 11.1 Å². The molecule has 0 spiro atoms. The Morgan fingerprint density at radius 1 is 0.333 bits per heavy atom. The van der Waals surface area contributed by atoms with Crippen LogP contribution in [0.25, 0.3) is 32.7 Å². The number of benzene rings is 8. The average molecular weight is 755 g/mol. The molecule has 0 aliphatic carbocycles. The highest BCUT2D eigenvalue weighted by Gasteiger charge is 2.33. The second-order valence-corrected chi connectivity index (χ2v) is 19.0. The van der Waals surface area contributed by atoms with E-state index in [1.54, 1.807) is 0 Å². The lowest BCUT2D eigenvalue weighted by Gasteiger charge is -2.26. The molecule has 0 aromatic heterocycles. The molecule has 0 N–H and O–H groups in total. The summed E-state index contributed by atoms with van der Waals surface area (Å²) in [6.07, 6.45) is 0.0291. The molecular weight excluding hydrogens is 722 g/mol. The summed E-state index contributed by atoms with van der Waals surface area (Å²) in [5.41, 5.74) is 3.02. The molecule has 0 radical (unpaired) electrons. The van der Waals surface area contributed by atoms with Crippen LogP contribution in [0, 0.1) is 23.3 Å². The Bertz CT molecular complexity index is 2460. The van der Waals surface area contributed by atoms with Gasteiger partial charge in [0, 0.05) is 33.5 Å². The molecule has 8 rings (SSSR count). The summed E-state index contributed by atoms with van der Waals surface area (Å²) in [4.78, 5) is 0. The van der Waals surface area contributed by atoms with Gasteiger partial charge in [0.25, 0.3) is 0 Å². The molecule has 0 fully saturated rings.